The third-order valence-electron chi connectivity index (χ3n) is 4.35. The zero-order valence-corrected chi connectivity index (χ0v) is 13.8. The number of piperidine rings is 1. The van der Waals surface area contributed by atoms with Gasteiger partial charge in [0, 0.05) is 45.0 Å². The lowest BCUT2D eigenvalue weighted by Gasteiger charge is -2.33. The molecule has 6 nitrogen and oxygen atoms in total. The quantitative estimate of drug-likeness (QED) is 0.909. The molecule has 0 radical (unpaired) electrons. The fourth-order valence-electron chi connectivity index (χ4n) is 2.99. The number of nitrogens with one attached hydrogen (secondary N) is 1. The van der Waals surface area contributed by atoms with Crippen molar-refractivity contribution >= 4 is 5.82 Å². The second kappa shape index (κ2) is 7.00. The van der Waals surface area contributed by atoms with Crippen LogP contribution in [0.5, 0.6) is 0 Å². The van der Waals surface area contributed by atoms with Crippen molar-refractivity contribution in [2.75, 3.05) is 18.0 Å². The molecule has 1 unspecified atom stereocenters. The Kier molecular flexibility index (Phi) is 4.81. The van der Waals surface area contributed by atoms with Crippen LogP contribution in [0.3, 0.4) is 0 Å². The minimum Gasteiger partial charge on any atom is -0.465 e. The van der Waals surface area contributed by atoms with E-state index in [-0.39, 0.29) is 5.56 Å². The number of rotatable bonds is 5. The van der Waals surface area contributed by atoms with Gasteiger partial charge in [-0.05, 0) is 25.0 Å². The molecular formula is C17H24N4O2. The molecule has 0 spiro atoms. The van der Waals surface area contributed by atoms with Crippen molar-refractivity contribution in [2.45, 2.75) is 38.8 Å². The third-order valence-corrected chi connectivity index (χ3v) is 4.35. The SMILES string of the molecule is CCc1ccc(CNC2CCCN(c3nccn(C)c3=O)C2)o1. The molecule has 1 fully saturated rings. The topological polar surface area (TPSA) is 63.3 Å². The number of aromatic nitrogens is 2. The van der Waals surface area contributed by atoms with Crippen LogP contribution < -0.4 is 15.8 Å². The average Bonchev–Trinajstić information content (AvgIpc) is 3.04. The van der Waals surface area contributed by atoms with Crippen molar-refractivity contribution in [3.05, 3.63) is 46.4 Å². The van der Waals surface area contributed by atoms with Crippen molar-refractivity contribution in [1.29, 1.82) is 0 Å². The summed E-state index contributed by atoms with van der Waals surface area (Å²) in [6.07, 6.45) is 6.44. The number of anilines is 1. The summed E-state index contributed by atoms with van der Waals surface area (Å²) in [6.45, 7) is 4.49. The molecule has 1 saturated heterocycles. The van der Waals surface area contributed by atoms with Crippen LogP contribution in [0.25, 0.3) is 0 Å². The molecule has 1 aliphatic heterocycles. The van der Waals surface area contributed by atoms with Gasteiger partial charge in [-0.3, -0.25) is 4.79 Å². The van der Waals surface area contributed by atoms with Crippen molar-refractivity contribution in [1.82, 2.24) is 14.9 Å². The van der Waals surface area contributed by atoms with Gasteiger partial charge in [0.2, 0.25) is 0 Å². The van der Waals surface area contributed by atoms with E-state index in [1.165, 1.54) is 0 Å². The number of hydrogen-bond donors (Lipinski definition) is 1. The van der Waals surface area contributed by atoms with Gasteiger partial charge < -0.3 is 19.2 Å². The minimum atomic E-state index is -0.0354. The van der Waals surface area contributed by atoms with Crippen LogP contribution in [-0.2, 0) is 20.0 Å². The number of aryl methyl sites for hydroxylation is 2. The van der Waals surface area contributed by atoms with E-state index in [1.54, 1.807) is 24.0 Å². The van der Waals surface area contributed by atoms with E-state index in [1.807, 2.05) is 12.1 Å². The molecule has 23 heavy (non-hydrogen) atoms. The van der Waals surface area contributed by atoms with Crippen molar-refractivity contribution in [3.8, 4) is 0 Å². The van der Waals surface area contributed by atoms with Crippen LogP contribution >= 0.6 is 0 Å². The van der Waals surface area contributed by atoms with Crippen LogP contribution in [0.2, 0.25) is 0 Å². The Hall–Kier alpha value is -2.08. The smallest absolute Gasteiger partial charge is 0.293 e. The van der Waals surface area contributed by atoms with Crippen LogP contribution in [-0.4, -0.2) is 28.7 Å². The Morgan fingerprint density at radius 1 is 1.39 bits per heavy atom. The summed E-state index contributed by atoms with van der Waals surface area (Å²) < 4.78 is 7.31. The summed E-state index contributed by atoms with van der Waals surface area (Å²) in [4.78, 5) is 18.6. The maximum atomic E-state index is 12.2. The summed E-state index contributed by atoms with van der Waals surface area (Å²) in [5.41, 5.74) is -0.0354. The largest absolute Gasteiger partial charge is 0.465 e. The van der Waals surface area contributed by atoms with E-state index in [4.69, 9.17) is 4.42 Å². The molecule has 124 valence electrons. The van der Waals surface area contributed by atoms with E-state index in [2.05, 4.69) is 22.1 Å². The average molecular weight is 316 g/mol. The lowest BCUT2D eigenvalue weighted by Crippen LogP contribution is -2.47. The zero-order chi connectivity index (χ0) is 16.2. The van der Waals surface area contributed by atoms with Crippen LogP contribution in [0, 0.1) is 0 Å². The number of nitrogens with zero attached hydrogens (tertiary/aromatic N) is 3. The van der Waals surface area contributed by atoms with Gasteiger partial charge in [0.1, 0.15) is 11.5 Å². The van der Waals surface area contributed by atoms with Gasteiger partial charge in [-0.2, -0.15) is 0 Å². The first-order valence-corrected chi connectivity index (χ1v) is 8.25. The molecule has 3 heterocycles. The highest BCUT2D eigenvalue weighted by molar-refractivity contribution is 5.36. The molecule has 0 amide bonds. The maximum absolute atomic E-state index is 12.2. The normalized spacial score (nSPS) is 18.3. The van der Waals surface area contributed by atoms with Gasteiger partial charge >= 0.3 is 0 Å². The fraction of sp³-hybridized carbons (Fsp3) is 0.529. The predicted octanol–water partition coefficient (Wildman–Crippen LogP) is 1.69. The van der Waals surface area contributed by atoms with Crippen LogP contribution in [0.4, 0.5) is 5.82 Å². The number of furan rings is 1. The molecule has 0 aromatic carbocycles. The third kappa shape index (κ3) is 3.64. The highest BCUT2D eigenvalue weighted by Crippen LogP contribution is 2.15. The molecule has 1 N–H and O–H groups in total. The van der Waals surface area contributed by atoms with Crippen LogP contribution in [0.15, 0.2) is 33.7 Å². The Balaban J connectivity index is 1.62. The Morgan fingerprint density at radius 2 is 2.22 bits per heavy atom. The van der Waals surface area contributed by atoms with E-state index in [9.17, 15) is 4.79 Å². The van der Waals surface area contributed by atoms with Crippen molar-refractivity contribution in [3.63, 3.8) is 0 Å². The summed E-state index contributed by atoms with van der Waals surface area (Å²) in [5, 5.41) is 3.54. The Labute approximate surface area is 136 Å². The lowest BCUT2D eigenvalue weighted by atomic mass is 10.1. The summed E-state index contributed by atoms with van der Waals surface area (Å²) in [5.74, 6) is 2.53. The molecule has 1 aliphatic rings. The van der Waals surface area contributed by atoms with E-state index in [0.29, 0.717) is 11.9 Å². The second-order valence-electron chi connectivity index (χ2n) is 6.05. The van der Waals surface area contributed by atoms with Crippen molar-refractivity contribution < 1.29 is 4.42 Å². The standard InChI is InChI=1S/C17H24N4O2/c1-3-14-6-7-15(23-14)11-19-13-5-4-9-21(12-13)16-17(22)20(2)10-8-18-16/h6-8,10,13,19H,3-5,9,11-12H2,1-2H3. The van der Waals surface area contributed by atoms with Gasteiger partial charge in [-0.25, -0.2) is 4.98 Å². The molecular weight excluding hydrogens is 292 g/mol. The monoisotopic (exact) mass is 316 g/mol. The van der Waals surface area contributed by atoms with Gasteiger partial charge in [0.05, 0.1) is 6.54 Å². The van der Waals surface area contributed by atoms with Gasteiger partial charge in [-0.15, -0.1) is 0 Å². The van der Waals surface area contributed by atoms with Gasteiger partial charge in [0.15, 0.2) is 5.82 Å². The van der Waals surface area contributed by atoms with Crippen LogP contribution in [0.1, 0.15) is 31.3 Å². The first kappa shape index (κ1) is 15.8. The zero-order valence-electron chi connectivity index (χ0n) is 13.8. The number of hydrogen-bond acceptors (Lipinski definition) is 5. The summed E-state index contributed by atoms with van der Waals surface area (Å²) >= 11 is 0. The minimum absolute atomic E-state index is 0.0354. The molecule has 0 bridgehead atoms. The molecule has 3 rings (SSSR count). The Morgan fingerprint density at radius 3 is 3.00 bits per heavy atom. The molecule has 6 heteroatoms. The molecule has 0 saturated carbocycles. The van der Waals surface area contributed by atoms with Gasteiger partial charge in [-0.1, -0.05) is 6.92 Å². The van der Waals surface area contributed by atoms with E-state index >= 15 is 0 Å². The highest BCUT2D eigenvalue weighted by atomic mass is 16.3. The van der Waals surface area contributed by atoms with E-state index in [0.717, 1.165) is 50.4 Å². The maximum Gasteiger partial charge on any atom is 0.293 e. The molecule has 1 atom stereocenters. The fourth-order valence-corrected chi connectivity index (χ4v) is 2.99. The van der Waals surface area contributed by atoms with E-state index < -0.39 is 0 Å². The molecule has 0 aliphatic carbocycles. The first-order chi connectivity index (χ1) is 11.2. The second-order valence-corrected chi connectivity index (χ2v) is 6.05. The summed E-state index contributed by atoms with van der Waals surface area (Å²) in [6, 6.07) is 4.40. The predicted molar refractivity (Wildman–Crippen MR) is 89.6 cm³/mol. The van der Waals surface area contributed by atoms with Crippen molar-refractivity contribution in [2.24, 2.45) is 7.05 Å². The Bertz CT molecular complexity index is 707. The lowest BCUT2D eigenvalue weighted by molar-refractivity contribution is 0.386. The van der Waals surface area contributed by atoms with Gasteiger partial charge in [0.25, 0.3) is 5.56 Å². The summed E-state index contributed by atoms with van der Waals surface area (Å²) in [7, 11) is 1.76. The first-order valence-electron chi connectivity index (χ1n) is 8.25. The molecule has 2 aromatic rings. The highest BCUT2D eigenvalue weighted by Gasteiger charge is 2.22. The molecule has 2 aromatic heterocycles.